The first-order valence-electron chi connectivity index (χ1n) is 9.21. The highest BCUT2D eigenvalue weighted by Crippen LogP contribution is 2.23. The molecule has 1 fully saturated rings. The molecule has 8 heteroatoms. The van der Waals surface area contributed by atoms with Crippen molar-refractivity contribution in [2.75, 3.05) is 36.0 Å². The quantitative estimate of drug-likeness (QED) is 0.691. The van der Waals surface area contributed by atoms with Gasteiger partial charge >= 0.3 is 0 Å². The van der Waals surface area contributed by atoms with Crippen molar-refractivity contribution in [1.82, 2.24) is 14.5 Å². The number of anilines is 2. The van der Waals surface area contributed by atoms with E-state index in [1.54, 1.807) is 6.07 Å². The number of nitrogens with zero attached hydrogens (tertiary/aromatic N) is 5. The molecule has 0 atom stereocenters. The molecule has 28 heavy (non-hydrogen) atoms. The second-order valence-electron chi connectivity index (χ2n) is 6.92. The molecule has 6 nitrogen and oxygen atoms in total. The van der Waals surface area contributed by atoms with E-state index in [0.717, 1.165) is 42.1 Å². The summed E-state index contributed by atoms with van der Waals surface area (Å²) in [7, 11) is 0. The Bertz CT molecular complexity index is 1040. The first-order valence-corrected chi connectivity index (χ1v) is 9.21. The Morgan fingerprint density at radius 2 is 1.68 bits per heavy atom. The average Bonchev–Trinajstić information content (AvgIpc) is 2.70. The number of aromatic nitrogens is 3. The van der Waals surface area contributed by atoms with Crippen LogP contribution in [0.3, 0.4) is 0 Å². The lowest BCUT2D eigenvalue weighted by atomic mass is 10.2. The first kappa shape index (κ1) is 18.3. The van der Waals surface area contributed by atoms with Gasteiger partial charge in [0.05, 0.1) is 23.8 Å². The van der Waals surface area contributed by atoms with E-state index >= 15 is 0 Å². The van der Waals surface area contributed by atoms with Gasteiger partial charge in [0, 0.05) is 49.4 Å². The Balaban J connectivity index is 1.51. The zero-order valence-electron chi connectivity index (χ0n) is 15.6. The van der Waals surface area contributed by atoms with Crippen molar-refractivity contribution in [3.05, 3.63) is 58.9 Å². The van der Waals surface area contributed by atoms with Gasteiger partial charge in [-0.1, -0.05) is 0 Å². The maximum Gasteiger partial charge on any atom is 0.261 e. The van der Waals surface area contributed by atoms with Crippen LogP contribution in [0.1, 0.15) is 5.69 Å². The normalized spacial score (nSPS) is 14.9. The van der Waals surface area contributed by atoms with Crippen molar-refractivity contribution in [2.24, 2.45) is 0 Å². The largest absolute Gasteiger partial charge is 0.368 e. The van der Waals surface area contributed by atoms with Gasteiger partial charge in [-0.3, -0.25) is 14.3 Å². The topological polar surface area (TPSA) is 54.3 Å². The molecule has 1 aromatic carbocycles. The third kappa shape index (κ3) is 3.67. The molecule has 0 spiro atoms. The fraction of sp³-hybridized carbons (Fsp3) is 0.350. The second kappa shape index (κ2) is 7.53. The molecule has 3 aromatic rings. The van der Waals surface area contributed by atoms with Crippen LogP contribution in [0.4, 0.5) is 20.2 Å². The van der Waals surface area contributed by atoms with Crippen LogP contribution >= 0.6 is 0 Å². The summed E-state index contributed by atoms with van der Waals surface area (Å²) in [5.41, 5.74) is 3.25. The fourth-order valence-corrected chi connectivity index (χ4v) is 3.57. The number of aryl methyl sites for hydroxylation is 1. The Hall–Kier alpha value is -3.03. The third-order valence-corrected chi connectivity index (χ3v) is 5.03. The van der Waals surface area contributed by atoms with Crippen molar-refractivity contribution >= 4 is 22.3 Å². The van der Waals surface area contributed by atoms with Gasteiger partial charge in [-0.2, -0.15) is 0 Å². The van der Waals surface area contributed by atoms with Crippen LogP contribution in [-0.4, -0.2) is 47.1 Å². The van der Waals surface area contributed by atoms with E-state index in [1.807, 2.05) is 31.3 Å². The van der Waals surface area contributed by atoms with E-state index < -0.39 is 18.5 Å². The fourth-order valence-electron chi connectivity index (χ4n) is 3.57. The van der Waals surface area contributed by atoms with Crippen LogP contribution in [0.2, 0.25) is 0 Å². The van der Waals surface area contributed by atoms with Crippen molar-refractivity contribution in [2.45, 2.75) is 19.9 Å². The van der Waals surface area contributed by atoms with Crippen LogP contribution in [0.25, 0.3) is 10.9 Å². The molecular formula is C20H21F2N5O. The number of halogens is 2. The molecule has 146 valence electrons. The highest BCUT2D eigenvalue weighted by atomic mass is 19.3. The third-order valence-electron chi connectivity index (χ3n) is 5.03. The zero-order chi connectivity index (χ0) is 19.7. The monoisotopic (exact) mass is 385 g/mol. The van der Waals surface area contributed by atoms with Gasteiger partial charge < -0.3 is 9.80 Å². The number of hydrogen-bond donors (Lipinski definition) is 0. The summed E-state index contributed by atoms with van der Waals surface area (Å²) in [6, 6.07) is 9.51. The van der Waals surface area contributed by atoms with Crippen molar-refractivity contribution in [3.8, 4) is 0 Å². The molecule has 0 bridgehead atoms. The molecule has 1 aliphatic rings. The Kier molecular flexibility index (Phi) is 4.93. The lowest BCUT2D eigenvalue weighted by molar-refractivity contribution is 0.125. The molecule has 0 aliphatic carbocycles. The minimum Gasteiger partial charge on any atom is -0.368 e. The highest BCUT2D eigenvalue weighted by molar-refractivity contribution is 5.81. The van der Waals surface area contributed by atoms with E-state index in [-0.39, 0.29) is 0 Å². The number of fused-ring (bicyclic) bond motifs is 1. The van der Waals surface area contributed by atoms with Crippen molar-refractivity contribution < 1.29 is 8.78 Å². The summed E-state index contributed by atoms with van der Waals surface area (Å²) in [6.45, 7) is 4.79. The van der Waals surface area contributed by atoms with Gasteiger partial charge in [0.2, 0.25) is 0 Å². The smallest absolute Gasteiger partial charge is 0.261 e. The lowest BCUT2D eigenvalue weighted by Crippen LogP contribution is -2.46. The molecule has 0 radical (unpaired) electrons. The van der Waals surface area contributed by atoms with Crippen LogP contribution < -0.4 is 15.4 Å². The van der Waals surface area contributed by atoms with Gasteiger partial charge in [-0.25, -0.2) is 13.8 Å². The SMILES string of the molecule is Cc1cc(N2CCN(c3ccc4c(=O)n(CC(F)F)cnc4c3)CC2)ccn1. The lowest BCUT2D eigenvalue weighted by Gasteiger charge is -2.37. The summed E-state index contributed by atoms with van der Waals surface area (Å²) in [6.07, 6.45) is 0.439. The van der Waals surface area contributed by atoms with Crippen LogP contribution in [0.5, 0.6) is 0 Å². The number of rotatable bonds is 4. The molecule has 2 aromatic heterocycles. The molecule has 1 saturated heterocycles. The van der Waals surface area contributed by atoms with Crippen LogP contribution in [0.15, 0.2) is 47.7 Å². The van der Waals surface area contributed by atoms with E-state index in [1.165, 1.54) is 12.0 Å². The predicted octanol–water partition coefficient (Wildman–Crippen LogP) is 2.69. The molecule has 0 unspecified atom stereocenters. The highest BCUT2D eigenvalue weighted by Gasteiger charge is 2.18. The maximum absolute atomic E-state index is 12.6. The van der Waals surface area contributed by atoms with Gasteiger partial charge in [0.25, 0.3) is 12.0 Å². The molecule has 0 saturated carbocycles. The Labute approximate surface area is 161 Å². The summed E-state index contributed by atoms with van der Waals surface area (Å²) in [5.74, 6) is 0. The number of pyridine rings is 1. The maximum atomic E-state index is 12.6. The van der Waals surface area contributed by atoms with Crippen LogP contribution in [0, 0.1) is 6.92 Å². The number of alkyl halides is 2. The van der Waals surface area contributed by atoms with Gasteiger partial charge in [-0.05, 0) is 37.3 Å². The number of piperazine rings is 1. The summed E-state index contributed by atoms with van der Waals surface area (Å²) in [4.78, 5) is 25.4. The zero-order valence-corrected chi connectivity index (χ0v) is 15.6. The molecular weight excluding hydrogens is 364 g/mol. The van der Waals surface area contributed by atoms with E-state index in [9.17, 15) is 13.6 Å². The predicted molar refractivity (Wildman–Crippen MR) is 105 cm³/mol. The van der Waals surface area contributed by atoms with Gasteiger partial charge in [0.1, 0.15) is 0 Å². The molecule has 4 rings (SSSR count). The Morgan fingerprint density at radius 3 is 2.32 bits per heavy atom. The number of benzene rings is 1. The van der Waals surface area contributed by atoms with Gasteiger partial charge in [0.15, 0.2) is 0 Å². The Morgan fingerprint density at radius 1 is 1.00 bits per heavy atom. The minimum absolute atomic E-state index is 0.359. The summed E-state index contributed by atoms with van der Waals surface area (Å²) in [5, 5.41) is 0.359. The van der Waals surface area contributed by atoms with E-state index in [2.05, 4.69) is 25.8 Å². The number of hydrogen-bond acceptors (Lipinski definition) is 5. The molecule has 0 N–H and O–H groups in total. The van der Waals surface area contributed by atoms with E-state index in [4.69, 9.17) is 0 Å². The first-order chi connectivity index (χ1) is 13.5. The molecule has 3 heterocycles. The van der Waals surface area contributed by atoms with Crippen molar-refractivity contribution in [3.63, 3.8) is 0 Å². The summed E-state index contributed by atoms with van der Waals surface area (Å²) >= 11 is 0. The molecule has 0 amide bonds. The van der Waals surface area contributed by atoms with Crippen molar-refractivity contribution in [1.29, 1.82) is 0 Å². The van der Waals surface area contributed by atoms with Gasteiger partial charge in [-0.15, -0.1) is 0 Å². The average molecular weight is 385 g/mol. The molecule has 1 aliphatic heterocycles. The standard InChI is InChI=1S/C20H21F2N5O/c1-14-10-16(4-5-23-14)26-8-6-25(7-9-26)15-2-3-17-18(11-15)24-13-27(20(17)28)12-19(21)22/h2-5,10-11,13,19H,6-9,12H2,1H3. The minimum atomic E-state index is -2.59. The van der Waals surface area contributed by atoms with E-state index in [0.29, 0.717) is 10.9 Å². The summed E-state index contributed by atoms with van der Waals surface area (Å²) < 4.78 is 26.1. The van der Waals surface area contributed by atoms with Crippen LogP contribution in [-0.2, 0) is 6.54 Å². The second-order valence-corrected chi connectivity index (χ2v) is 6.92.